The Hall–Kier alpha value is -1.59. The number of nitrogens with two attached hydrogens (primary N) is 1. The Morgan fingerprint density at radius 1 is 1.21 bits per heavy atom. The summed E-state index contributed by atoms with van der Waals surface area (Å²) >= 11 is 8.36. The normalized spacial score (nSPS) is 10.0. The molecule has 0 heterocycles. The van der Waals surface area contributed by atoms with Crippen molar-refractivity contribution in [1.29, 1.82) is 0 Å². The number of halogens is 1. The van der Waals surface area contributed by atoms with E-state index in [0.29, 0.717) is 4.99 Å². The first-order chi connectivity index (χ1) is 9.10. The summed E-state index contributed by atoms with van der Waals surface area (Å²) in [4.78, 5) is 0.395. The van der Waals surface area contributed by atoms with E-state index in [1.807, 2.05) is 42.5 Å². The molecule has 0 saturated carbocycles. The molecule has 19 heavy (non-hydrogen) atoms. The van der Waals surface area contributed by atoms with E-state index in [0.717, 1.165) is 27.2 Å². The molecule has 0 aliphatic heterocycles. The summed E-state index contributed by atoms with van der Waals surface area (Å²) < 4.78 is 6.29. The van der Waals surface area contributed by atoms with E-state index in [-0.39, 0.29) is 0 Å². The third-order valence-electron chi connectivity index (χ3n) is 2.61. The SMILES string of the molecule is COc1ccc(Br)cc1Nc1ccc(C(N)=S)cc1. The van der Waals surface area contributed by atoms with Crippen LogP contribution in [0.1, 0.15) is 5.56 Å². The number of benzene rings is 2. The summed E-state index contributed by atoms with van der Waals surface area (Å²) in [7, 11) is 1.64. The molecule has 0 spiro atoms. The van der Waals surface area contributed by atoms with Gasteiger partial charge in [0.2, 0.25) is 0 Å². The Morgan fingerprint density at radius 3 is 2.47 bits per heavy atom. The number of thiocarbonyl (C=S) groups is 1. The predicted molar refractivity (Wildman–Crippen MR) is 86.3 cm³/mol. The van der Waals surface area contributed by atoms with Gasteiger partial charge in [-0.15, -0.1) is 0 Å². The van der Waals surface area contributed by atoms with Crippen LogP contribution in [-0.4, -0.2) is 12.1 Å². The van der Waals surface area contributed by atoms with Crippen LogP contribution in [0.2, 0.25) is 0 Å². The molecule has 2 aromatic carbocycles. The molecule has 3 N–H and O–H groups in total. The first-order valence-electron chi connectivity index (χ1n) is 5.60. The maximum absolute atomic E-state index is 5.57. The van der Waals surface area contributed by atoms with Crippen molar-refractivity contribution >= 4 is 44.5 Å². The molecular weight excluding hydrogens is 324 g/mol. The zero-order chi connectivity index (χ0) is 13.8. The molecule has 98 valence electrons. The minimum Gasteiger partial charge on any atom is -0.495 e. The molecule has 2 aromatic rings. The van der Waals surface area contributed by atoms with Crippen LogP contribution in [0.4, 0.5) is 11.4 Å². The Bertz CT molecular complexity index is 599. The fraction of sp³-hybridized carbons (Fsp3) is 0.0714. The van der Waals surface area contributed by atoms with Crippen LogP contribution in [0.5, 0.6) is 5.75 Å². The minimum atomic E-state index is 0.395. The van der Waals surface area contributed by atoms with E-state index in [1.165, 1.54) is 0 Å². The van der Waals surface area contributed by atoms with Crippen molar-refractivity contribution in [3.63, 3.8) is 0 Å². The van der Waals surface area contributed by atoms with Crippen LogP contribution < -0.4 is 15.8 Å². The fourth-order valence-electron chi connectivity index (χ4n) is 1.65. The van der Waals surface area contributed by atoms with Gasteiger partial charge in [-0.1, -0.05) is 28.1 Å². The van der Waals surface area contributed by atoms with Crippen molar-refractivity contribution in [3.05, 3.63) is 52.5 Å². The highest BCUT2D eigenvalue weighted by molar-refractivity contribution is 9.10. The monoisotopic (exact) mass is 336 g/mol. The number of anilines is 2. The Balaban J connectivity index is 2.25. The number of methoxy groups -OCH3 is 1. The van der Waals surface area contributed by atoms with Crippen molar-refractivity contribution in [2.75, 3.05) is 12.4 Å². The van der Waals surface area contributed by atoms with Gasteiger partial charge in [0.05, 0.1) is 12.8 Å². The third-order valence-corrected chi connectivity index (χ3v) is 3.34. The standard InChI is InChI=1S/C14H13BrN2OS/c1-18-13-7-4-10(15)8-12(13)17-11-5-2-9(3-6-11)14(16)19/h2-8,17H,1H3,(H2,16,19). The van der Waals surface area contributed by atoms with Gasteiger partial charge in [-0.2, -0.15) is 0 Å². The number of hydrogen-bond acceptors (Lipinski definition) is 3. The van der Waals surface area contributed by atoms with Gasteiger partial charge in [0.1, 0.15) is 10.7 Å². The zero-order valence-electron chi connectivity index (χ0n) is 10.3. The van der Waals surface area contributed by atoms with Gasteiger partial charge in [0.25, 0.3) is 0 Å². The van der Waals surface area contributed by atoms with Crippen LogP contribution >= 0.6 is 28.1 Å². The maximum atomic E-state index is 5.57. The number of hydrogen-bond donors (Lipinski definition) is 2. The van der Waals surface area contributed by atoms with Crippen molar-refractivity contribution in [2.24, 2.45) is 5.73 Å². The second kappa shape index (κ2) is 6.04. The predicted octanol–water partition coefficient (Wildman–Crippen LogP) is 3.84. The lowest BCUT2D eigenvalue weighted by Crippen LogP contribution is -2.08. The van der Waals surface area contributed by atoms with Gasteiger partial charge in [-0.3, -0.25) is 0 Å². The van der Waals surface area contributed by atoms with Gasteiger partial charge in [-0.05, 0) is 42.5 Å². The second-order valence-corrected chi connectivity index (χ2v) is 5.27. The Labute approximate surface area is 125 Å². The van der Waals surface area contributed by atoms with Gasteiger partial charge in [0.15, 0.2) is 0 Å². The summed E-state index contributed by atoms with van der Waals surface area (Å²) in [5, 5.41) is 3.29. The average molecular weight is 337 g/mol. The molecule has 3 nitrogen and oxygen atoms in total. The van der Waals surface area contributed by atoms with Crippen LogP contribution in [0.15, 0.2) is 46.9 Å². The van der Waals surface area contributed by atoms with E-state index in [1.54, 1.807) is 7.11 Å². The molecule has 0 aromatic heterocycles. The Morgan fingerprint density at radius 2 is 1.89 bits per heavy atom. The molecule has 0 radical (unpaired) electrons. The van der Waals surface area contributed by atoms with Gasteiger partial charge in [0, 0.05) is 15.7 Å². The summed E-state index contributed by atoms with van der Waals surface area (Å²) in [6.45, 7) is 0. The number of nitrogens with one attached hydrogen (secondary N) is 1. The van der Waals surface area contributed by atoms with Crippen molar-refractivity contribution in [3.8, 4) is 5.75 Å². The molecular formula is C14H13BrN2OS. The first-order valence-corrected chi connectivity index (χ1v) is 6.80. The quantitative estimate of drug-likeness (QED) is 0.833. The van der Waals surface area contributed by atoms with Gasteiger partial charge < -0.3 is 15.8 Å². The van der Waals surface area contributed by atoms with E-state index < -0.39 is 0 Å². The molecule has 2 rings (SSSR count). The lowest BCUT2D eigenvalue weighted by atomic mass is 10.2. The molecule has 0 aliphatic carbocycles. The van der Waals surface area contributed by atoms with E-state index in [4.69, 9.17) is 22.7 Å². The maximum Gasteiger partial charge on any atom is 0.142 e. The van der Waals surface area contributed by atoms with E-state index >= 15 is 0 Å². The molecule has 0 bridgehead atoms. The highest BCUT2D eigenvalue weighted by atomic mass is 79.9. The third kappa shape index (κ3) is 3.45. The second-order valence-electron chi connectivity index (χ2n) is 3.91. The molecule has 0 atom stereocenters. The summed E-state index contributed by atoms with van der Waals surface area (Å²) in [6.07, 6.45) is 0. The molecule has 5 heteroatoms. The first kappa shape index (κ1) is 13.8. The van der Waals surface area contributed by atoms with Crippen LogP contribution in [0.3, 0.4) is 0 Å². The summed E-state index contributed by atoms with van der Waals surface area (Å²) in [5.41, 5.74) is 8.25. The molecule has 0 amide bonds. The average Bonchev–Trinajstić information content (AvgIpc) is 2.39. The highest BCUT2D eigenvalue weighted by Gasteiger charge is 2.04. The summed E-state index contributed by atoms with van der Waals surface area (Å²) in [6, 6.07) is 13.4. The van der Waals surface area contributed by atoms with E-state index in [2.05, 4.69) is 21.2 Å². The van der Waals surface area contributed by atoms with Crippen LogP contribution in [0.25, 0.3) is 0 Å². The van der Waals surface area contributed by atoms with Crippen LogP contribution in [-0.2, 0) is 0 Å². The number of rotatable bonds is 4. The zero-order valence-corrected chi connectivity index (χ0v) is 12.7. The molecule has 0 saturated heterocycles. The largest absolute Gasteiger partial charge is 0.495 e. The Kier molecular flexibility index (Phi) is 4.39. The van der Waals surface area contributed by atoms with Crippen molar-refractivity contribution in [2.45, 2.75) is 0 Å². The van der Waals surface area contributed by atoms with Crippen LogP contribution in [0, 0.1) is 0 Å². The topological polar surface area (TPSA) is 47.3 Å². The molecule has 0 fully saturated rings. The number of ether oxygens (including phenoxy) is 1. The van der Waals surface area contributed by atoms with Crippen molar-refractivity contribution < 1.29 is 4.74 Å². The minimum absolute atomic E-state index is 0.395. The summed E-state index contributed by atoms with van der Waals surface area (Å²) in [5.74, 6) is 0.779. The molecule has 0 aliphatic rings. The lowest BCUT2D eigenvalue weighted by Gasteiger charge is -2.12. The smallest absolute Gasteiger partial charge is 0.142 e. The molecule has 0 unspecified atom stereocenters. The highest BCUT2D eigenvalue weighted by Crippen LogP contribution is 2.30. The lowest BCUT2D eigenvalue weighted by molar-refractivity contribution is 0.417. The van der Waals surface area contributed by atoms with Crippen molar-refractivity contribution in [1.82, 2.24) is 0 Å². The van der Waals surface area contributed by atoms with Gasteiger partial charge >= 0.3 is 0 Å². The fourth-order valence-corrected chi connectivity index (χ4v) is 2.15. The van der Waals surface area contributed by atoms with E-state index in [9.17, 15) is 0 Å². The van der Waals surface area contributed by atoms with Gasteiger partial charge in [-0.25, -0.2) is 0 Å².